The Balaban J connectivity index is 0.000000423. The lowest BCUT2D eigenvalue weighted by atomic mass is 9.99. The van der Waals surface area contributed by atoms with Crippen molar-refractivity contribution in [3.63, 3.8) is 0 Å². The molecule has 7 nitrogen and oxygen atoms in total. The molecule has 0 spiro atoms. The zero-order valence-electron chi connectivity index (χ0n) is 16.9. The highest BCUT2D eigenvalue weighted by Gasteiger charge is 2.38. The molecule has 0 aliphatic heterocycles. The van der Waals surface area contributed by atoms with Crippen molar-refractivity contribution in [3.05, 3.63) is 71.5 Å². The summed E-state index contributed by atoms with van der Waals surface area (Å²) in [5, 5.41) is 14.2. The molecular weight excluding hydrogens is 413 g/mol. The van der Waals surface area contributed by atoms with Gasteiger partial charge >= 0.3 is 12.1 Å². The van der Waals surface area contributed by atoms with E-state index in [-0.39, 0.29) is 11.9 Å². The second-order valence-corrected chi connectivity index (χ2v) is 7.02. The third-order valence-electron chi connectivity index (χ3n) is 4.41. The number of pyridine rings is 1. The van der Waals surface area contributed by atoms with Crippen LogP contribution >= 0.6 is 0 Å². The van der Waals surface area contributed by atoms with Crippen LogP contribution in [0.15, 0.2) is 54.7 Å². The summed E-state index contributed by atoms with van der Waals surface area (Å²) in [7, 11) is 0. The normalized spacial score (nSPS) is 12.2. The number of fused-ring (bicyclic) bond motifs is 1. The number of rotatable bonds is 5. The minimum atomic E-state index is -5.08. The van der Waals surface area contributed by atoms with Crippen molar-refractivity contribution in [1.82, 2.24) is 14.9 Å². The molecule has 0 saturated carbocycles. The zero-order valence-corrected chi connectivity index (χ0v) is 16.9. The Hall–Kier alpha value is -3.40. The van der Waals surface area contributed by atoms with Crippen molar-refractivity contribution in [2.45, 2.75) is 32.0 Å². The summed E-state index contributed by atoms with van der Waals surface area (Å²) < 4.78 is 33.4. The molecule has 0 aliphatic rings. The van der Waals surface area contributed by atoms with Crippen molar-refractivity contribution in [2.75, 3.05) is 6.54 Å². The number of carbonyl (C=O) groups excluding carboxylic acids is 1. The molecule has 2 aromatic heterocycles. The molecular formula is C21H23F3N4O3. The van der Waals surface area contributed by atoms with Crippen LogP contribution in [0.25, 0.3) is 5.52 Å². The summed E-state index contributed by atoms with van der Waals surface area (Å²) in [5.41, 5.74) is 9.88. The molecule has 31 heavy (non-hydrogen) atoms. The molecule has 1 amide bonds. The van der Waals surface area contributed by atoms with Crippen molar-refractivity contribution in [2.24, 2.45) is 5.73 Å². The number of nitrogens with zero attached hydrogens (tertiary/aromatic N) is 2. The Bertz CT molecular complexity index is 1030. The van der Waals surface area contributed by atoms with Crippen molar-refractivity contribution < 1.29 is 27.9 Å². The first kappa shape index (κ1) is 23.9. The number of hydrogen-bond acceptors (Lipinski definition) is 4. The van der Waals surface area contributed by atoms with Crippen LogP contribution in [0.5, 0.6) is 0 Å². The molecule has 1 aromatic carbocycles. The van der Waals surface area contributed by atoms with Gasteiger partial charge in [0.15, 0.2) is 0 Å². The lowest BCUT2D eigenvalue weighted by Crippen LogP contribution is -2.33. The highest BCUT2D eigenvalue weighted by atomic mass is 19.4. The van der Waals surface area contributed by atoms with Gasteiger partial charge in [0, 0.05) is 12.6 Å². The van der Waals surface area contributed by atoms with Gasteiger partial charge in [-0.25, -0.2) is 9.31 Å². The van der Waals surface area contributed by atoms with E-state index in [4.69, 9.17) is 15.6 Å². The molecule has 166 valence electrons. The number of carboxylic acid groups (broad SMARTS) is 1. The summed E-state index contributed by atoms with van der Waals surface area (Å²) >= 11 is 0. The monoisotopic (exact) mass is 436 g/mol. The predicted molar refractivity (Wildman–Crippen MR) is 109 cm³/mol. The second kappa shape index (κ2) is 10.1. The van der Waals surface area contributed by atoms with E-state index in [2.05, 4.69) is 36.4 Å². The van der Waals surface area contributed by atoms with Crippen molar-refractivity contribution in [3.8, 4) is 0 Å². The number of halogens is 3. The fourth-order valence-corrected chi connectivity index (χ4v) is 2.66. The average Bonchev–Trinajstić information content (AvgIpc) is 3.20. The number of hydrogen-bond donors (Lipinski definition) is 3. The van der Waals surface area contributed by atoms with Gasteiger partial charge in [-0.15, -0.1) is 0 Å². The van der Waals surface area contributed by atoms with Crippen LogP contribution < -0.4 is 11.1 Å². The first-order valence-electron chi connectivity index (χ1n) is 9.37. The maximum absolute atomic E-state index is 12.4. The maximum Gasteiger partial charge on any atom is 0.490 e. The van der Waals surface area contributed by atoms with Crippen LogP contribution in [0.2, 0.25) is 0 Å². The molecule has 4 N–H and O–H groups in total. The minimum Gasteiger partial charge on any atom is -0.475 e. The van der Waals surface area contributed by atoms with E-state index in [0.29, 0.717) is 18.2 Å². The molecule has 0 aliphatic carbocycles. The summed E-state index contributed by atoms with van der Waals surface area (Å²) in [5.74, 6) is -2.45. The topological polar surface area (TPSA) is 110 Å². The first-order valence-corrected chi connectivity index (χ1v) is 9.37. The lowest BCUT2D eigenvalue weighted by molar-refractivity contribution is -0.192. The standard InChI is InChI=1S/C19H22N4O.C2HF3O2/c1-13(2)14-6-8-15(9-7-14)17(20)12-21-19(24)18-5-3-4-16-10-11-22-23(16)18;3-2(4,5)1(6)7/h3-11,13,17H,12,20H2,1-2H3,(H,21,24);(H,6,7). The molecule has 10 heteroatoms. The number of alkyl halides is 3. The number of aromatic nitrogens is 2. The van der Waals surface area contributed by atoms with E-state index in [1.165, 1.54) is 5.56 Å². The van der Waals surface area contributed by atoms with Crippen LogP contribution in [0, 0.1) is 0 Å². The Morgan fingerprint density at radius 1 is 1.10 bits per heavy atom. The smallest absolute Gasteiger partial charge is 0.475 e. The van der Waals surface area contributed by atoms with Gasteiger partial charge < -0.3 is 16.2 Å². The summed E-state index contributed by atoms with van der Waals surface area (Å²) in [4.78, 5) is 21.3. The van der Waals surface area contributed by atoms with Gasteiger partial charge in [-0.2, -0.15) is 18.3 Å². The van der Waals surface area contributed by atoms with E-state index in [1.54, 1.807) is 16.8 Å². The van der Waals surface area contributed by atoms with Crippen LogP contribution in [0.4, 0.5) is 13.2 Å². The Kier molecular flexibility index (Phi) is 7.76. The highest BCUT2D eigenvalue weighted by molar-refractivity contribution is 5.93. The van der Waals surface area contributed by atoms with Gasteiger partial charge in [0.2, 0.25) is 0 Å². The van der Waals surface area contributed by atoms with Crippen molar-refractivity contribution >= 4 is 17.4 Å². The molecule has 0 radical (unpaired) electrons. The van der Waals surface area contributed by atoms with Gasteiger partial charge in [-0.3, -0.25) is 4.79 Å². The van der Waals surface area contributed by atoms with Crippen molar-refractivity contribution in [1.29, 1.82) is 0 Å². The Labute approximate surface area is 176 Å². The number of carbonyl (C=O) groups is 2. The third kappa shape index (κ3) is 6.54. The van der Waals surface area contributed by atoms with Gasteiger partial charge in [0.1, 0.15) is 5.69 Å². The quantitative estimate of drug-likeness (QED) is 0.567. The van der Waals surface area contributed by atoms with Crippen LogP contribution in [-0.4, -0.2) is 39.3 Å². The van der Waals surface area contributed by atoms with Gasteiger partial charge in [0.05, 0.1) is 11.7 Å². The lowest BCUT2D eigenvalue weighted by Gasteiger charge is -2.15. The molecule has 2 heterocycles. The maximum atomic E-state index is 12.4. The van der Waals surface area contributed by atoms with Gasteiger partial charge in [0.25, 0.3) is 5.91 Å². The number of carboxylic acids is 1. The fourth-order valence-electron chi connectivity index (χ4n) is 2.66. The molecule has 0 saturated heterocycles. The SMILES string of the molecule is CC(C)c1ccc(C(N)CNC(=O)c2cccc3ccnn23)cc1.O=C(O)C(F)(F)F. The van der Waals surface area contributed by atoms with E-state index in [9.17, 15) is 18.0 Å². The highest BCUT2D eigenvalue weighted by Crippen LogP contribution is 2.17. The average molecular weight is 436 g/mol. The largest absolute Gasteiger partial charge is 0.490 e. The van der Waals surface area contributed by atoms with E-state index in [1.807, 2.05) is 30.3 Å². The van der Waals surface area contributed by atoms with E-state index in [0.717, 1.165) is 11.1 Å². The molecule has 1 atom stereocenters. The van der Waals surface area contributed by atoms with Crippen LogP contribution in [0.3, 0.4) is 0 Å². The van der Waals surface area contributed by atoms with Crippen LogP contribution in [0.1, 0.15) is 47.4 Å². The summed E-state index contributed by atoms with van der Waals surface area (Å²) in [6, 6.07) is 15.4. The molecule has 0 fully saturated rings. The molecule has 3 rings (SSSR count). The number of nitrogens with one attached hydrogen (secondary N) is 1. The minimum absolute atomic E-state index is 0.182. The number of nitrogens with two attached hydrogens (primary N) is 1. The summed E-state index contributed by atoms with van der Waals surface area (Å²) in [6.45, 7) is 4.69. The zero-order chi connectivity index (χ0) is 23.2. The number of benzene rings is 1. The van der Waals surface area contributed by atoms with Crippen LogP contribution in [-0.2, 0) is 4.79 Å². The third-order valence-corrected chi connectivity index (χ3v) is 4.41. The van der Waals surface area contributed by atoms with Gasteiger partial charge in [-0.05, 0) is 35.2 Å². The first-order chi connectivity index (χ1) is 14.5. The van der Waals surface area contributed by atoms with E-state index >= 15 is 0 Å². The number of aliphatic carboxylic acids is 1. The van der Waals surface area contributed by atoms with Gasteiger partial charge in [-0.1, -0.05) is 44.2 Å². The molecule has 0 bridgehead atoms. The molecule has 3 aromatic rings. The fraction of sp³-hybridized carbons (Fsp3) is 0.286. The second-order valence-electron chi connectivity index (χ2n) is 7.02. The molecule has 1 unspecified atom stereocenters. The predicted octanol–water partition coefficient (Wildman–Crippen LogP) is 3.52. The Morgan fingerprint density at radius 2 is 1.68 bits per heavy atom. The summed E-state index contributed by atoms with van der Waals surface area (Å²) in [6.07, 6.45) is -3.41. The number of amides is 1. The Morgan fingerprint density at radius 3 is 2.23 bits per heavy atom. The van der Waals surface area contributed by atoms with E-state index < -0.39 is 12.1 Å².